The van der Waals surface area contributed by atoms with Crippen LogP contribution in [0.15, 0.2) is 54.6 Å². The Balaban J connectivity index is 1.05. The highest BCUT2D eigenvalue weighted by atomic mass is 35.5. The zero-order chi connectivity index (χ0) is 29.5. The van der Waals surface area contributed by atoms with Gasteiger partial charge in [-0.3, -0.25) is 9.59 Å². The van der Waals surface area contributed by atoms with Crippen molar-refractivity contribution >= 4 is 23.4 Å². The van der Waals surface area contributed by atoms with Crippen LogP contribution in [0.5, 0.6) is 11.5 Å². The molecule has 222 valence electrons. The molecule has 8 heteroatoms. The smallest absolute Gasteiger partial charge is 0.255 e. The molecule has 5 rings (SSSR count). The number of nitrogens with two attached hydrogens (primary N) is 1. The van der Waals surface area contributed by atoms with E-state index in [1.165, 1.54) is 29.2 Å². The number of phenols is 1. The number of phenolic OH excluding ortho intramolecular Hbond substituents is 1. The Bertz CT molecular complexity index is 1400. The molecule has 0 bridgehead atoms. The van der Waals surface area contributed by atoms with Gasteiger partial charge in [0.25, 0.3) is 11.8 Å². The minimum atomic E-state index is -0.436. The number of unbranched alkanes of at least 4 members (excludes halogenated alkanes) is 1. The maximum atomic E-state index is 12.6. The molecule has 0 radical (unpaired) electrons. The third-order valence-corrected chi connectivity index (χ3v) is 8.81. The van der Waals surface area contributed by atoms with Crippen LogP contribution in [-0.4, -0.2) is 54.6 Å². The van der Waals surface area contributed by atoms with Gasteiger partial charge in [-0.05, 0) is 130 Å². The van der Waals surface area contributed by atoms with Crippen molar-refractivity contribution in [2.45, 2.75) is 57.3 Å². The molecule has 4 N–H and O–H groups in total. The van der Waals surface area contributed by atoms with E-state index in [4.69, 9.17) is 22.1 Å². The number of piperidine rings is 1. The first-order chi connectivity index (χ1) is 20.4. The molecule has 0 aromatic heterocycles. The van der Waals surface area contributed by atoms with E-state index in [1.54, 1.807) is 24.3 Å². The minimum absolute atomic E-state index is 0.0706. The first-order valence-electron chi connectivity index (χ1n) is 15.0. The van der Waals surface area contributed by atoms with Gasteiger partial charge in [0, 0.05) is 17.7 Å². The highest BCUT2D eigenvalue weighted by Gasteiger charge is 2.26. The molecule has 1 fully saturated rings. The summed E-state index contributed by atoms with van der Waals surface area (Å²) >= 11 is 6.24. The molecule has 1 aliphatic heterocycles. The van der Waals surface area contributed by atoms with Crippen molar-refractivity contribution in [2.75, 3.05) is 32.8 Å². The van der Waals surface area contributed by atoms with Crippen molar-refractivity contribution in [2.24, 2.45) is 5.73 Å². The number of hydrogen-bond acceptors (Lipinski definition) is 5. The second-order valence-corrected chi connectivity index (χ2v) is 11.8. The molecule has 1 aliphatic carbocycles. The average molecular weight is 590 g/mol. The molecular weight excluding hydrogens is 550 g/mol. The molecule has 3 aromatic carbocycles. The summed E-state index contributed by atoms with van der Waals surface area (Å²) in [5.41, 5.74) is 11.6. The van der Waals surface area contributed by atoms with Gasteiger partial charge >= 0.3 is 0 Å². The molecule has 2 amide bonds. The summed E-state index contributed by atoms with van der Waals surface area (Å²) in [6, 6.07) is 16.7. The second-order valence-electron chi connectivity index (χ2n) is 11.4. The van der Waals surface area contributed by atoms with Crippen LogP contribution in [0, 0.1) is 0 Å². The lowest BCUT2D eigenvalue weighted by Gasteiger charge is -2.34. The van der Waals surface area contributed by atoms with Crippen LogP contribution in [0.25, 0.3) is 11.1 Å². The number of carbonyl (C=O) groups is 2. The van der Waals surface area contributed by atoms with E-state index in [2.05, 4.69) is 22.3 Å². The highest BCUT2D eigenvalue weighted by Crippen LogP contribution is 2.40. The van der Waals surface area contributed by atoms with Gasteiger partial charge in [-0.15, -0.1) is 0 Å². The molecule has 7 nitrogen and oxygen atoms in total. The average Bonchev–Trinajstić information content (AvgIpc) is 3.00. The number of nitrogens with one attached hydrogen (secondary N) is 1. The molecule has 0 atom stereocenters. The fourth-order valence-corrected chi connectivity index (χ4v) is 6.50. The van der Waals surface area contributed by atoms with E-state index < -0.39 is 5.91 Å². The minimum Gasteiger partial charge on any atom is -0.508 e. The van der Waals surface area contributed by atoms with Gasteiger partial charge in [-0.1, -0.05) is 35.9 Å². The number of hydrogen-bond donors (Lipinski definition) is 3. The van der Waals surface area contributed by atoms with Gasteiger partial charge in [-0.25, -0.2) is 0 Å². The zero-order valence-electron chi connectivity index (χ0n) is 24.0. The maximum Gasteiger partial charge on any atom is 0.255 e. The third kappa shape index (κ3) is 7.44. The molecule has 1 heterocycles. The molecule has 3 aromatic rings. The number of ether oxygens (including phenoxy) is 1. The summed E-state index contributed by atoms with van der Waals surface area (Å²) in [4.78, 5) is 26.6. The fourth-order valence-electron chi connectivity index (χ4n) is 6.22. The van der Waals surface area contributed by atoms with Crippen LogP contribution >= 0.6 is 11.6 Å². The van der Waals surface area contributed by atoms with Crippen LogP contribution in [-0.2, 0) is 17.6 Å². The second kappa shape index (κ2) is 14.1. The van der Waals surface area contributed by atoms with E-state index >= 15 is 0 Å². The summed E-state index contributed by atoms with van der Waals surface area (Å²) in [6.45, 7) is 3.64. The number of carbonyl (C=O) groups excluding carboxylic acids is 2. The van der Waals surface area contributed by atoms with Crippen LogP contribution in [0.2, 0.25) is 5.02 Å². The normalized spacial score (nSPS) is 15.6. The summed E-state index contributed by atoms with van der Waals surface area (Å²) in [6.07, 6.45) is 8.51. The molecule has 0 spiro atoms. The van der Waals surface area contributed by atoms with Crippen LogP contribution in [0.1, 0.15) is 71.5 Å². The number of benzene rings is 3. The van der Waals surface area contributed by atoms with Crippen LogP contribution < -0.4 is 15.8 Å². The lowest BCUT2D eigenvalue weighted by atomic mass is 9.83. The van der Waals surface area contributed by atoms with E-state index in [1.807, 2.05) is 12.1 Å². The summed E-state index contributed by atoms with van der Waals surface area (Å²) in [7, 11) is 0. The topological polar surface area (TPSA) is 105 Å². The number of primary amides is 1. The number of fused-ring (bicyclic) bond motifs is 1. The lowest BCUT2D eigenvalue weighted by molar-refractivity contribution is -0.120. The van der Waals surface area contributed by atoms with Gasteiger partial charge in [0.05, 0.1) is 5.02 Å². The maximum absolute atomic E-state index is 12.6. The van der Waals surface area contributed by atoms with E-state index in [0.717, 1.165) is 81.5 Å². The van der Waals surface area contributed by atoms with Crippen LogP contribution in [0.4, 0.5) is 0 Å². The highest BCUT2D eigenvalue weighted by molar-refractivity contribution is 6.33. The lowest BCUT2D eigenvalue weighted by Crippen LogP contribution is -2.34. The number of likely N-dealkylation sites (tertiary alicyclic amines) is 1. The van der Waals surface area contributed by atoms with Crippen LogP contribution in [0.3, 0.4) is 0 Å². The molecule has 42 heavy (non-hydrogen) atoms. The monoisotopic (exact) mass is 589 g/mol. The Kier molecular flexibility index (Phi) is 10.0. The Hall–Kier alpha value is -3.55. The first-order valence-corrected chi connectivity index (χ1v) is 15.4. The number of aryl methyl sites for hydroxylation is 1. The summed E-state index contributed by atoms with van der Waals surface area (Å²) in [5, 5.41) is 13.1. The van der Waals surface area contributed by atoms with Gasteiger partial charge in [0.1, 0.15) is 11.5 Å². The predicted molar refractivity (Wildman–Crippen MR) is 166 cm³/mol. The number of amides is 2. The SMILES string of the molecule is NC(=O)COc1c(C2CCN(CCCCNC(=O)c3ccc(-c4ccc(O)cc4Cl)cc3)CC2)ccc2c1CCCC2. The van der Waals surface area contributed by atoms with E-state index in [9.17, 15) is 14.7 Å². The molecule has 2 aliphatic rings. The summed E-state index contributed by atoms with van der Waals surface area (Å²) in [5.74, 6) is 0.940. The Morgan fingerprint density at radius 2 is 1.76 bits per heavy atom. The molecule has 1 saturated heterocycles. The Morgan fingerprint density at radius 1 is 1.00 bits per heavy atom. The largest absolute Gasteiger partial charge is 0.508 e. The number of nitrogens with zero attached hydrogens (tertiary/aromatic N) is 1. The number of aromatic hydroxyl groups is 1. The predicted octanol–water partition coefficient (Wildman–Crippen LogP) is 5.85. The van der Waals surface area contributed by atoms with E-state index in [-0.39, 0.29) is 18.3 Å². The van der Waals surface area contributed by atoms with Crippen molar-refractivity contribution in [1.29, 1.82) is 0 Å². The number of rotatable bonds is 11. The summed E-state index contributed by atoms with van der Waals surface area (Å²) < 4.78 is 6.02. The van der Waals surface area contributed by atoms with Crippen molar-refractivity contribution in [1.82, 2.24) is 10.2 Å². The zero-order valence-corrected chi connectivity index (χ0v) is 24.8. The van der Waals surface area contributed by atoms with Gasteiger partial charge in [-0.2, -0.15) is 0 Å². The number of halogens is 1. The fraction of sp³-hybridized carbons (Fsp3) is 0.412. The Labute approximate surface area is 253 Å². The van der Waals surface area contributed by atoms with E-state index in [0.29, 0.717) is 23.0 Å². The van der Waals surface area contributed by atoms with Crippen molar-refractivity contribution in [3.05, 3.63) is 81.9 Å². The third-order valence-electron chi connectivity index (χ3n) is 8.49. The molecule has 0 unspecified atom stereocenters. The van der Waals surface area contributed by atoms with Gasteiger partial charge < -0.3 is 25.8 Å². The van der Waals surface area contributed by atoms with Gasteiger partial charge in [0.15, 0.2) is 6.61 Å². The molecular formula is C34H40ClN3O4. The van der Waals surface area contributed by atoms with Gasteiger partial charge in [0.2, 0.25) is 0 Å². The first kappa shape index (κ1) is 29.9. The van der Waals surface area contributed by atoms with Crippen molar-refractivity contribution in [3.8, 4) is 22.6 Å². The van der Waals surface area contributed by atoms with Crippen molar-refractivity contribution < 1.29 is 19.4 Å². The molecule has 0 saturated carbocycles. The standard InChI is InChI=1S/C34H40ClN3O4/c35-31-21-27(39)12-14-28(31)24-7-9-26(10-8-24)34(41)37-17-3-4-18-38-19-15-25(16-20-38)30-13-11-23-5-1-2-6-29(23)33(30)42-22-32(36)40/h7-14,21,25,39H,1-6,15-20,22H2,(H2,36,40)(H,37,41). The Morgan fingerprint density at radius 3 is 2.50 bits per heavy atom. The quantitative estimate of drug-likeness (QED) is 0.244. The van der Waals surface area contributed by atoms with Crippen molar-refractivity contribution in [3.63, 3.8) is 0 Å².